The lowest BCUT2D eigenvalue weighted by Gasteiger charge is -2.64. The van der Waals surface area contributed by atoms with Crippen LogP contribution in [0, 0.1) is 17.3 Å². The van der Waals surface area contributed by atoms with Gasteiger partial charge in [-0.1, -0.05) is 44.5 Å². The number of amides is 3. The minimum absolute atomic E-state index is 0.0376. The number of alkyl halides is 3. The van der Waals surface area contributed by atoms with Crippen LogP contribution in [0.15, 0.2) is 53.5 Å². The van der Waals surface area contributed by atoms with Gasteiger partial charge in [-0.25, -0.2) is 9.78 Å². The van der Waals surface area contributed by atoms with Gasteiger partial charge in [0, 0.05) is 18.0 Å². The summed E-state index contributed by atoms with van der Waals surface area (Å²) in [5.74, 6) is 0.267. The second-order valence-corrected chi connectivity index (χ2v) is 16.5. The minimum atomic E-state index is -4.54. The van der Waals surface area contributed by atoms with Crippen molar-refractivity contribution in [3.8, 4) is 5.75 Å². The zero-order valence-corrected chi connectivity index (χ0v) is 32.2. The number of ether oxygens (including phenoxy) is 1. The van der Waals surface area contributed by atoms with Crippen molar-refractivity contribution in [3.63, 3.8) is 0 Å². The molecular weight excluding hydrogens is 740 g/mol. The number of fused-ring (bicyclic) bond motifs is 1. The molecule has 7 atom stereocenters. The van der Waals surface area contributed by atoms with Crippen molar-refractivity contribution in [2.45, 2.75) is 102 Å². The van der Waals surface area contributed by atoms with Crippen LogP contribution in [0.1, 0.15) is 83.3 Å². The molecule has 4 fully saturated rings. The van der Waals surface area contributed by atoms with E-state index in [0.717, 1.165) is 25.0 Å². The molecule has 2 aromatic carbocycles. The Balaban J connectivity index is 1.16. The van der Waals surface area contributed by atoms with E-state index in [-0.39, 0.29) is 41.6 Å². The van der Waals surface area contributed by atoms with Crippen LogP contribution in [-0.4, -0.2) is 53.4 Å². The van der Waals surface area contributed by atoms with Crippen molar-refractivity contribution in [1.29, 1.82) is 0 Å². The number of carbonyl (C=O) groups excluding carboxylic acids is 2. The molecule has 3 heterocycles. The van der Waals surface area contributed by atoms with E-state index in [1.54, 1.807) is 19.1 Å². The van der Waals surface area contributed by atoms with E-state index in [4.69, 9.17) is 25.6 Å². The largest absolute Gasteiger partial charge is 0.495 e. The van der Waals surface area contributed by atoms with Crippen LogP contribution in [0.3, 0.4) is 0 Å². The van der Waals surface area contributed by atoms with Crippen molar-refractivity contribution >= 4 is 42.0 Å². The highest BCUT2D eigenvalue weighted by atomic mass is 35.5. The van der Waals surface area contributed by atoms with Gasteiger partial charge in [0.05, 0.1) is 47.7 Å². The fourth-order valence-corrected chi connectivity index (χ4v) is 9.30. The number of anilines is 2. The fraction of sp³-hybridized carbons (Fsp3) is 0.526. The van der Waals surface area contributed by atoms with Gasteiger partial charge >= 0.3 is 19.3 Å². The number of carbonyl (C=O) groups is 2. The second-order valence-electron chi connectivity index (χ2n) is 16.1. The predicted octanol–water partition coefficient (Wildman–Crippen LogP) is 6.68. The zero-order chi connectivity index (χ0) is 39.7. The quantitative estimate of drug-likeness (QED) is 0.167. The van der Waals surface area contributed by atoms with Crippen LogP contribution in [0.2, 0.25) is 5.02 Å². The van der Waals surface area contributed by atoms with E-state index in [1.807, 2.05) is 6.92 Å². The molecular formula is C38H45BClF3N6O6. The summed E-state index contributed by atoms with van der Waals surface area (Å²) in [5, 5.41) is 12.0. The van der Waals surface area contributed by atoms with Gasteiger partial charge in [-0.15, -0.1) is 0 Å². The van der Waals surface area contributed by atoms with E-state index in [1.165, 1.54) is 36.1 Å². The molecule has 3 amide bonds. The molecule has 1 aromatic heterocycles. The number of hydrogen-bond donors (Lipinski definition) is 4. The van der Waals surface area contributed by atoms with E-state index in [0.29, 0.717) is 34.7 Å². The number of nitrogens with one attached hydrogen (secondary N) is 4. The average Bonchev–Trinajstić information content (AvgIpc) is 3.64. The predicted molar refractivity (Wildman–Crippen MR) is 201 cm³/mol. The Hall–Kier alpha value is -4.28. The molecule has 4 N–H and O–H groups in total. The lowest BCUT2D eigenvalue weighted by molar-refractivity contribution is -0.199. The Morgan fingerprint density at radius 3 is 2.58 bits per heavy atom. The third-order valence-corrected chi connectivity index (χ3v) is 12.5. The van der Waals surface area contributed by atoms with Crippen molar-refractivity contribution in [2.24, 2.45) is 17.3 Å². The molecule has 0 spiro atoms. The van der Waals surface area contributed by atoms with Gasteiger partial charge in [-0.3, -0.25) is 14.2 Å². The maximum Gasteiger partial charge on any atom is 0.481 e. The first kappa shape index (κ1) is 39.0. The van der Waals surface area contributed by atoms with Gasteiger partial charge < -0.3 is 35.3 Å². The summed E-state index contributed by atoms with van der Waals surface area (Å²) in [7, 11) is 0.736. The van der Waals surface area contributed by atoms with Crippen molar-refractivity contribution in [1.82, 2.24) is 20.2 Å². The van der Waals surface area contributed by atoms with Crippen LogP contribution >= 0.6 is 11.6 Å². The monoisotopic (exact) mass is 784 g/mol. The van der Waals surface area contributed by atoms with Gasteiger partial charge in [-0.05, 0) is 86.3 Å². The van der Waals surface area contributed by atoms with E-state index in [2.05, 4.69) is 47.0 Å². The summed E-state index contributed by atoms with van der Waals surface area (Å²) < 4.78 is 59.9. The number of rotatable bonds is 10. The van der Waals surface area contributed by atoms with Crippen LogP contribution < -0.4 is 31.6 Å². The first-order valence-corrected chi connectivity index (χ1v) is 18.8. The standard InChI is InChI=1S/C38H45BClF3N6O6/c1-7-30(39-54-29-15-22-14-28(35(22,2)3)37(29,5)55-39)47-31(50)26-17-36(4,48-34(52)46-24-16-23(40)11-12-27(24)53-6)33-45-19-25(32(51)49(26)33)44-18-20-9-8-10-21(13-20)38(41,42)43/h8-13,16,19,22,26,28-30,44H,7,14-15,17-18H2,1-6H3,(H,47,50)(H2,46,48,52)/t22-,26-,28-,29+,30-,36+,37-/m0/s1. The molecule has 3 saturated carbocycles. The SMILES string of the molecule is CC[C@H](NC(=O)[C@@H]1C[C@@](C)(NC(=O)Nc2cc(Cl)ccc2OC)c2ncc(NCc3cccc(C(F)(F)F)c3)c(=O)n21)B1O[C@@H]2C[C@@H]3C[C@@H](C3(C)C)[C@]2(C)O1. The molecule has 0 radical (unpaired) electrons. The van der Waals surface area contributed by atoms with Crippen LogP contribution in [0.4, 0.5) is 29.3 Å². The number of benzene rings is 2. The molecule has 12 nitrogen and oxygen atoms in total. The third-order valence-electron chi connectivity index (χ3n) is 12.3. The Morgan fingerprint density at radius 2 is 1.89 bits per heavy atom. The zero-order valence-electron chi connectivity index (χ0n) is 31.5. The lowest BCUT2D eigenvalue weighted by atomic mass is 9.43. The normalized spacial score (nSPS) is 28.0. The highest BCUT2D eigenvalue weighted by Crippen LogP contribution is 2.65. The van der Waals surface area contributed by atoms with Crippen LogP contribution in [0.5, 0.6) is 5.75 Å². The smallest absolute Gasteiger partial charge is 0.481 e. The molecule has 1 saturated heterocycles. The molecule has 2 bridgehead atoms. The topological polar surface area (TPSA) is 145 Å². The Bertz CT molecular complexity index is 2070. The molecule has 5 aliphatic rings. The lowest BCUT2D eigenvalue weighted by Crippen LogP contribution is -2.65. The Labute approximate surface area is 322 Å². The maximum atomic E-state index is 14.4. The maximum absolute atomic E-state index is 14.4. The van der Waals surface area contributed by atoms with Crippen LogP contribution in [0.25, 0.3) is 0 Å². The highest BCUT2D eigenvalue weighted by molar-refractivity contribution is 6.47. The molecule has 3 aromatic rings. The number of halogens is 4. The highest BCUT2D eigenvalue weighted by Gasteiger charge is 2.68. The Morgan fingerprint density at radius 1 is 1.13 bits per heavy atom. The molecule has 0 unspecified atom stereocenters. The summed E-state index contributed by atoms with van der Waals surface area (Å²) in [6.45, 7) is 10.1. The number of methoxy groups -OCH3 is 1. The number of nitrogens with zero attached hydrogens (tertiary/aromatic N) is 2. The van der Waals surface area contributed by atoms with Crippen LogP contribution in [-0.2, 0) is 32.4 Å². The van der Waals surface area contributed by atoms with Gasteiger partial charge in [0.25, 0.3) is 5.56 Å². The number of aromatic nitrogens is 2. The molecule has 3 aliphatic carbocycles. The molecule has 2 aliphatic heterocycles. The van der Waals surface area contributed by atoms with Crippen molar-refractivity contribution < 1.29 is 36.8 Å². The summed E-state index contributed by atoms with van der Waals surface area (Å²) >= 11 is 6.17. The fourth-order valence-electron chi connectivity index (χ4n) is 9.12. The first-order valence-electron chi connectivity index (χ1n) is 18.5. The van der Waals surface area contributed by atoms with E-state index >= 15 is 0 Å². The van der Waals surface area contributed by atoms with E-state index < -0.39 is 59.5 Å². The summed E-state index contributed by atoms with van der Waals surface area (Å²) in [6, 6.07) is 7.67. The summed E-state index contributed by atoms with van der Waals surface area (Å²) in [6.07, 6.45) is -1.02. The second kappa shape index (κ2) is 14.0. The third kappa shape index (κ3) is 6.94. The minimum Gasteiger partial charge on any atom is -0.495 e. The number of urea groups is 1. The van der Waals surface area contributed by atoms with Gasteiger partial charge in [0.1, 0.15) is 23.3 Å². The van der Waals surface area contributed by atoms with Gasteiger partial charge in [0.2, 0.25) is 5.91 Å². The molecule has 55 heavy (non-hydrogen) atoms. The first-order chi connectivity index (χ1) is 25.9. The average molecular weight is 785 g/mol. The van der Waals surface area contributed by atoms with E-state index in [9.17, 15) is 27.6 Å². The van der Waals surface area contributed by atoms with Gasteiger partial charge in [0.15, 0.2) is 0 Å². The van der Waals surface area contributed by atoms with Crippen molar-refractivity contribution in [2.75, 3.05) is 17.7 Å². The molecule has 8 rings (SSSR count). The molecule has 294 valence electrons. The Kier molecular flexibility index (Phi) is 9.94. The summed E-state index contributed by atoms with van der Waals surface area (Å²) in [4.78, 5) is 46.7. The van der Waals surface area contributed by atoms with Gasteiger partial charge in [-0.2, -0.15) is 13.2 Å². The number of hydrogen-bond acceptors (Lipinski definition) is 8. The summed E-state index contributed by atoms with van der Waals surface area (Å²) in [5.41, 5.74) is -2.63. The van der Waals surface area contributed by atoms with Crippen molar-refractivity contribution in [3.05, 3.63) is 81.0 Å². The molecule has 17 heteroatoms.